The molecule has 2 aromatic rings. The zero-order valence-electron chi connectivity index (χ0n) is 12.8. The second kappa shape index (κ2) is 8.82. The molecular weight excluding hydrogens is 335 g/mol. The first-order chi connectivity index (χ1) is 10.3. The average molecular weight is 355 g/mol. The molecule has 7 heteroatoms. The van der Waals surface area contributed by atoms with E-state index in [-0.39, 0.29) is 36.8 Å². The fourth-order valence-corrected chi connectivity index (χ4v) is 2.66. The summed E-state index contributed by atoms with van der Waals surface area (Å²) in [7, 11) is 0. The third kappa shape index (κ3) is 4.19. The number of hydrogen-bond donors (Lipinski definition) is 1. The molecule has 1 fully saturated rings. The Kier molecular flexibility index (Phi) is 7.42. The zero-order valence-corrected chi connectivity index (χ0v) is 14.4. The van der Waals surface area contributed by atoms with Gasteiger partial charge in [0.15, 0.2) is 0 Å². The number of aryl methyl sites for hydroxylation is 1. The Balaban J connectivity index is 0.00000132. The molecule has 5 nitrogen and oxygen atoms in total. The first-order valence-electron chi connectivity index (χ1n) is 7.10. The largest absolute Gasteiger partial charge is 0.328 e. The van der Waals surface area contributed by atoms with Crippen molar-refractivity contribution in [1.29, 1.82) is 0 Å². The Morgan fingerprint density at radius 3 is 2.74 bits per heavy atom. The highest BCUT2D eigenvalue weighted by atomic mass is 35.5. The van der Waals surface area contributed by atoms with Gasteiger partial charge in [0.25, 0.3) is 5.91 Å². The maximum absolute atomic E-state index is 12.8. The van der Waals surface area contributed by atoms with E-state index in [1.807, 2.05) is 42.3 Å². The summed E-state index contributed by atoms with van der Waals surface area (Å²) in [5.74, 6) is -0.0107. The molecule has 0 aliphatic carbocycles. The van der Waals surface area contributed by atoms with Crippen LogP contribution in [0.5, 0.6) is 0 Å². The van der Waals surface area contributed by atoms with E-state index >= 15 is 0 Å². The van der Waals surface area contributed by atoms with Gasteiger partial charge < -0.3 is 10.2 Å². The summed E-state index contributed by atoms with van der Waals surface area (Å²) in [5.41, 5.74) is 2.49. The molecule has 0 spiro atoms. The van der Waals surface area contributed by atoms with Crippen LogP contribution in [0, 0.1) is 6.92 Å². The Bertz CT molecular complexity index is 639. The number of rotatable bonds is 2. The topological polar surface area (TPSA) is 58.1 Å². The van der Waals surface area contributed by atoms with Crippen LogP contribution in [-0.4, -0.2) is 40.4 Å². The number of carbonyl (C=O) groups is 1. The molecule has 3 rings (SSSR count). The highest BCUT2D eigenvalue weighted by Crippen LogP contribution is 2.23. The van der Waals surface area contributed by atoms with Crippen molar-refractivity contribution in [3.05, 3.63) is 59.7 Å². The van der Waals surface area contributed by atoms with Crippen LogP contribution in [0.15, 0.2) is 42.9 Å². The van der Waals surface area contributed by atoms with Crippen molar-refractivity contribution in [3.8, 4) is 0 Å². The van der Waals surface area contributed by atoms with Crippen molar-refractivity contribution in [1.82, 2.24) is 20.2 Å². The lowest BCUT2D eigenvalue weighted by atomic mass is 10.0. The Hall–Kier alpha value is -1.69. The highest BCUT2D eigenvalue weighted by Gasteiger charge is 2.29. The van der Waals surface area contributed by atoms with E-state index in [0.717, 1.165) is 24.2 Å². The van der Waals surface area contributed by atoms with Gasteiger partial charge >= 0.3 is 0 Å². The molecule has 0 aromatic carbocycles. The van der Waals surface area contributed by atoms with Crippen LogP contribution < -0.4 is 5.32 Å². The number of hydrogen-bond acceptors (Lipinski definition) is 4. The number of nitrogens with zero attached hydrogens (tertiary/aromatic N) is 3. The lowest BCUT2D eigenvalue weighted by Gasteiger charge is -2.36. The maximum Gasteiger partial charge on any atom is 0.273 e. The minimum absolute atomic E-state index is 0. The SMILES string of the molecule is Cc1cccnc1C(=O)N1CCNCC1c1cccnc1.Cl.Cl. The molecule has 1 amide bonds. The minimum atomic E-state index is -0.0107. The van der Waals surface area contributed by atoms with E-state index < -0.39 is 0 Å². The van der Waals surface area contributed by atoms with E-state index in [1.165, 1.54) is 0 Å². The summed E-state index contributed by atoms with van der Waals surface area (Å²) in [5, 5.41) is 3.34. The van der Waals surface area contributed by atoms with E-state index in [1.54, 1.807) is 12.4 Å². The molecule has 0 bridgehead atoms. The normalized spacial score (nSPS) is 16.9. The highest BCUT2D eigenvalue weighted by molar-refractivity contribution is 5.94. The van der Waals surface area contributed by atoms with Gasteiger partial charge in [-0.05, 0) is 30.2 Å². The maximum atomic E-state index is 12.8. The average Bonchev–Trinajstić information content (AvgIpc) is 2.55. The van der Waals surface area contributed by atoms with Crippen molar-refractivity contribution >= 4 is 30.7 Å². The summed E-state index contributed by atoms with van der Waals surface area (Å²) < 4.78 is 0. The lowest BCUT2D eigenvalue weighted by Crippen LogP contribution is -2.49. The van der Waals surface area contributed by atoms with Gasteiger partial charge in [-0.25, -0.2) is 0 Å². The molecule has 124 valence electrons. The second-order valence-electron chi connectivity index (χ2n) is 5.17. The van der Waals surface area contributed by atoms with Crippen LogP contribution in [0.1, 0.15) is 27.7 Å². The number of piperazine rings is 1. The standard InChI is InChI=1S/C16H18N4O.2ClH/c1-12-4-2-7-19-15(12)16(21)20-9-8-18-11-14(20)13-5-3-6-17-10-13;;/h2-7,10,14,18H,8-9,11H2,1H3;2*1H. The van der Waals surface area contributed by atoms with Gasteiger partial charge in [0.1, 0.15) is 5.69 Å². The molecular formula is C16H20Cl2N4O. The van der Waals surface area contributed by atoms with Gasteiger partial charge in [0.05, 0.1) is 6.04 Å². The van der Waals surface area contributed by atoms with Gasteiger partial charge in [0.2, 0.25) is 0 Å². The first kappa shape index (κ1) is 19.4. The van der Waals surface area contributed by atoms with Gasteiger partial charge in [0, 0.05) is 38.2 Å². The molecule has 1 atom stereocenters. The smallest absolute Gasteiger partial charge is 0.273 e. The fraction of sp³-hybridized carbons (Fsp3) is 0.312. The van der Waals surface area contributed by atoms with E-state index in [0.29, 0.717) is 12.2 Å². The molecule has 3 heterocycles. The van der Waals surface area contributed by atoms with Gasteiger partial charge in [-0.2, -0.15) is 0 Å². The number of halogens is 2. The van der Waals surface area contributed by atoms with E-state index in [4.69, 9.17) is 0 Å². The Morgan fingerprint density at radius 1 is 1.26 bits per heavy atom. The molecule has 1 saturated heterocycles. The quantitative estimate of drug-likeness (QED) is 0.899. The molecule has 0 radical (unpaired) electrons. The van der Waals surface area contributed by atoms with Crippen LogP contribution in [0.3, 0.4) is 0 Å². The van der Waals surface area contributed by atoms with Crippen LogP contribution >= 0.6 is 24.8 Å². The third-order valence-electron chi connectivity index (χ3n) is 3.79. The molecule has 1 aliphatic heterocycles. The monoisotopic (exact) mass is 354 g/mol. The minimum Gasteiger partial charge on any atom is -0.328 e. The number of carbonyl (C=O) groups excluding carboxylic acids is 1. The van der Waals surface area contributed by atoms with Crippen molar-refractivity contribution < 1.29 is 4.79 Å². The summed E-state index contributed by atoms with van der Waals surface area (Å²) in [6.07, 6.45) is 5.24. The van der Waals surface area contributed by atoms with Crippen LogP contribution in [0.4, 0.5) is 0 Å². The summed E-state index contributed by atoms with van der Waals surface area (Å²) in [4.78, 5) is 23.1. The number of amides is 1. The van der Waals surface area contributed by atoms with Gasteiger partial charge in [-0.15, -0.1) is 24.8 Å². The summed E-state index contributed by atoms with van der Waals surface area (Å²) in [6.45, 7) is 4.13. The molecule has 23 heavy (non-hydrogen) atoms. The van der Waals surface area contributed by atoms with Crippen molar-refractivity contribution in [2.45, 2.75) is 13.0 Å². The van der Waals surface area contributed by atoms with Crippen molar-refractivity contribution in [3.63, 3.8) is 0 Å². The number of nitrogens with one attached hydrogen (secondary N) is 1. The number of pyridine rings is 2. The third-order valence-corrected chi connectivity index (χ3v) is 3.79. The van der Waals surface area contributed by atoms with Crippen molar-refractivity contribution in [2.75, 3.05) is 19.6 Å². The predicted molar refractivity (Wildman–Crippen MR) is 94.4 cm³/mol. The van der Waals surface area contributed by atoms with E-state index in [2.05, 4.69) is 15.3 Å². The Morgan fingerprint density at radius 2 is 2.04 bits per heavy atom. The van der Waals surface area contributed by atoms with Crippen LogP contribution in [-0.2, 0) is 0 Å². The first-order valence-corrected chi connectivity index (χ1v) is 7.10. The van der Waals surface area contributed by atoms with Gasteiger partial charge in [-0.1, -0.05) is 12.1 Å². The second-order valence-corrected chi connectivity index (χ2v) is 5.17. The predicted octanol–water partition coefficient (Wildman–Crippen LogP) is 2.42. The number of aromatic nitrogens is 2. The Labute approximate surface area is 148 Å². The summed E-state index contributed by atoms with van der Waals surface area (Å²) >= 11 is 0. The van der Waals surface area contributed by atoms with Crippen LogP contribution in [0.2, 0.25) is 0 Å². The molecule has 1 N–H and O–H groups in total. The fourth-order valence-electron chi connectivity index (χ4n) is 2.66. The molecule has 1 aliphatic rings. The van der Waals surface area contributed by atoms with E-state index in [9.17, 15) is 4.79 Å². The zero-order chi connectivity index (χ0) is 14.7. The van der Waals surface area contributed by atoms with Crippen LogP contribution in [0.25, 0.3) is 0 Å². The molecule has 1 unspecified atom stereocenters. The van der Waals surface area contributed by atoms with Gasteiger partial charge in [-0.3, -0.25) is 14.8 Å². The summed E-state index contributed by atoms with van der Waals surface area (Å²) in [6, 6.07) is 7.68. The van der Waals surface area contributed by atoms with Crippen molar-refractivity contribution in [2.24, 2.45) is 0 Å². The molecule has 0 saturated carbocycles. The lowest BCUT2D eigenvalue weighted by molar-refractivity contribution is 0.0627. The molecule has 2 aromatic heterocycles.